The molecule has 0 aromatic heterocycles. The number of fused-ring (bicyclic) bond motifs is 3. The third kappa shape index (κ3) is 1.99. The van der Waals surface area contributed by atoms with E-state index in [0.29, 0.717) is 11.9 Å². The summed E-state index contributed by atoms with van der Waals surface area (Å²) < 4.78 is 0. The van der Waals surface area contributed by atoms with E-state index >= 15 is 0 Å². The van der Waals surface area contributed by atoms with E-state index in [-0.39, 0.29) is 5.92 Å². The van der Waals surface area contributed by atoms with Crippen LogP contribution >= 0.6 is 0 Å². The first-order chi connectivity index (χ1) is 7.50. The fraction of sp³-hybridized carbons (Fsp3) is 0.929. The molecule has 2 saturated heterocycles. The maximum absolute atomic E-state index is 12.1. The van der Waals surface area contributed by atoms with Crippen molar-refractivity contribution >= 4 is 5.91 Å². The zero-order valence-corrected chi connectivity index (χ0v) is 11.1. The maximum atomic E-state index is 12.1. The highest BCUT2D eigenvalue weighted by Gasteiger charge is 2.43. The Balaban J connectivity index is 2.06. The molecule has 2 aliphatic heterocycles. The lowest BCUT2D eigenvalue weighted by atomic mass is 9.67. The Morgan fingerprint density at radius 3 is 2.31 bits per heavy atom. The molecule has 0 aromatic carbocycles. The van der Waals surface area contributed by atoms with Crippen molar-refractivity contribution in [2.24, 2.45) is 23.7 Å². The van der Waals surface area contributed by atoms with E-state index in [1.54, 1.807) is 0 Å². The molecule has 1 aliphatic carbocycles. The molecule has 0 aromatic rings. The van der Waals surface area contributed by atoms with Gasteiger partial charge in [0.25, 0.3) is 0 Å². The summed E-state index contributed by atoms with van der Waals surface area (Å²) in [6.07, 6.45) is 3.84. The first-order valence-corrected chi connectivity index (χ1v) is 6.81. The van der Waals surface area contributed by atoms with Crippen LogP contribution in [0.4, 0.5) is 0 Å². The van der Waals surface area contributed by atoms with Crippen LogP contribution in [0.2, 0.25) is 0 Å². The minimum absolute atomic E-state index is 0.164. The predicted octanol–water partition coefficient (Wildman–Crippen LogP) is 2.93. The summed E-state index contributed by atoms with van der Waals surface area (Å²) in [5, 5.41) is 0. The van der Waals surface area contributed by atoms with E-state index in [1.165, 1.54) is 19.3 Å². The minimum Gasteiger partial charge on any atom is -0.339 e. The molecule has 3 aliphatic rings. The Bertz CT molecular complexity index is 272. The molecule has 0 spiro atoms. The Morgan fingerprint density at radius 2 is 1.88 bits per heavy atom. The van der Waals surface area contributed by atoms with Crippen LogP contribution in [0, 0.1) is 23.7 Å². The molecular weight excluding hydrogens is 198 g/mol. The highest BCUT2D eigenvalue weighted by atomic mass is 16.2. The number of carbonyl (C=O) groups excluding carboxylic acids is 1. The molecule has 2 heteroatoms. The number of rotatable bonds is 2. The maximum Gasteiger partial charge on any atom is 0.225 e. The SMILES string of the molecule is CC(C)C(=O)N1CC2CCC1CC2C(C)C. The van der Waals surface area contributed by atoms with Crippen LogP contribution in [0.3, 0.4) is 0 Å². The largest absolute Gasteiger partial charge is 0.339 e. The fourth-order valence-corrected chi connectivity index (χ4v) is 3.57. The van der Waals surface area contributed by atoms with Crippen molar-refractivity contribution in [2.75, 3.05) is 6.54 Å². The van der Waals surface area contributed by atoms with Gasteiger partial charge in [-0.25, -0.2) is 0 Å². The molecule has 2 nitrogen and oxygen atoms in total. The predicted molar refractivity (Wildman–Crippen MR) is 66.0 cm³/mol. The highest BCUT2D eigenvalue weighted by molar-refractivity contribution is 5.78. The van der Waals surface area contributed by atoms with Crippen molar-refractivity contribution in [1.29, 1.82) is 0 Å². The second-order valence-corrected chi connectivity index (χ2v) is 6.28. The lowest BCUT2D eigenvalue weighted by molar-refractivity contribution is -0.145. The van der Waals surface area contributed by atoms with Gasteiger partial charge in [-0.1, -0.05) is 27.7 Å². The van der Waals surface area contributed by atoms with Crippen LogP contribution in [0.15, 0.2) is 0 Å². The van der Waals surface area contributed by atoms with Gasteiger partial charge in [-0.05, 0) is 37.0 Å². The minimum atomic E-state index is 0.164. The van der Waals surface area contributed by atoms with E-state index in [2.05, 4.69) is 18.7 Å². The van der Waals surface area contributed by atoms with E-state index in [9.17, 15) is 4.79 Å². The van der Waals surface area contributed by atoms with Crippen LogP contribution in [-0.2, 0) is 4.79 Å². The first kappa shape index (κ1) is 11.9. The summed E-state index contributed by atoms with van der Waals surface area (Å²) in [7, 11) is 0. The molecule has 1 saturated carbocycles. The fourth-order valence-electron chi connectivity index (χ4n) is 3.57. The summed E-state index contributed by atoms with van der Waals surface area (Å²) in [6, 6.07) is 0.548. The van der Waals surface area contributed by atoms with Crippen molar-refractivity contribution in [1.82, 2.24) is 4.90 Å². The van der Waals surface area contributed by atoms with Crippen molar-refractivity contribution < 1.29 is 4.79 Å². The van der Waals surface area contributed by atoms with Crippen LogP contribution in [0.25, 0.3) is 0 Å². The summed E-state index contributed by atoms with van der Waals surface area (Å²) in [6.45, 7) is 9.74. The van der Waals surface area contributed by atoms with Gasteiger partial charge in [0.1, 0.15) is 0 Å². The monoisotopic (exact) mass is 223 g/mol. The quantitative estimate of drug-likeness (QED) is 0.705. The number of piperidine rings is 2. The molecule has 0 N–H and O–H groups in total. The lowest BCUT2D eigenvalue weighted by Gasteiger charge is -2.51. The summed E-state index contributed by atoms with van der Waals surface area (Å²) >= 11 is 0. The van der Waals surface area contributed by atoms with Gasteiger partial charge in [0, 0.05) is 18.5 Å². The highest BCUT2D eigenvalue weighted by Crippen LogP contribution is 2.42. The van der Waals surface area contributed by atoms with E-state index in [1.807, 2.05) is 13.8 Å². The van der Waals surface area contributed by atoms with Gasteiger partial charge in [0.05, 0.1) is 0 Å². The Labute approximate surface area is 99.4 Å². The zero-order valence-electron chi connectivity index (χ0n) is 11.1. The number of carbonyl (C=O) groups is 1. The topological polar surface area (TPSA) is 20.3 Å². The molecule has 3 atom stereocenters. The molecule has 1 amide bonds. The standard InChI is InChI=1S/C14H25NO/c1-9(2)13-7-12-6-5-11(13)8-15(12)14(16)10(3)4/h9-13H,5-8H2,1-4H3. The number of amides is 1. The summed E-state index contributed by atoms with van der Waals surface area (Å²) in [5.41, 5.74) is 0. The third-order valence-electron chi connectivity index (χ3n) is 4.53. The second-order valence-electron chi connectivity index (χ2n) is 6.28. The van der Waals surface area contributed by atoms with Gasteiger partial charge < -0.3 is 4.90 Å². The van der Waals surface area contributed by atoms with Crippen molar-refractivity contribution in [3.8, 4) is 0 Å². The van der Waals surface area contributed by atoms with E-state index in [4.69, 9.17) is 0 Å². The van der Waals surface area contributed by atoms with Gasteiger partial charge in [-0.15, -0.1) is 0 Å². The Morgan fingerprint density at radius 1 is 1.19 bits per heavy atom. The molecule has 16 heavy (non-hydrogen) atoms. The van der Waals surface area contributed by atoms with Crippen LogP contribution < -0.4 is 0 Å². The van der Waals surface area contributed by atoms with Gasteiger partial charge in [0.15, 0.2) is 0 Å². The molecule has 3 unspecified atom stereocenters. The molecule has 3 rings (SSSR count). The van der Waals surface area contributed by atoms with Gasteiger partial charge in [0.2, 0.25) is 5.91 Å². The lowest BCUT2D eigenvalue weighted by Crippen LogP contribution is -2.56. The zero-order chi connectivity index (χ0) is 11.9. The first-order valence-electron chi connectivity index (χ1n) is 6.81. The third-order valence-corrected chi connectivity index (χ3v) is 4.53. The summed E-state index contributed by atoms with van der Waals surface area (Å²) in [4.78, 5) is 14.3. The van der Waals surface area contributed by atoms with Gasteiger partial charge in [-0.3, -0.25) is 4.79 Å². The molecule has 92 valence electrons. The van der Waals surface area contributed by atoms with Crippen LogP contribution in [0.1, 0.15) is 47.0 Å². The van der Waals surface area contributed by atoms with E-state index < -0.39 is 0 Å². The second kappa shape index (κ2) is 4.38. The summed E-state index contributed by atoms with van der Waals surface area (Å²) in [5.74, 6) is 2.94. The molecular formula is C14H25NO. The van der Waals surface area contributed by atoms with Crippen LogP contribution in [-0.4, -0.2) is 23.4 Å². The Hall–Kier alpha value is -0.530. The average Bonchev–Trinajstić information content (AvgIpc) is 2.28. The smallest absolute Gasteiger partial charge is 0.225 e. The van der Waals surface area contributed by atoms with Gasteiger partial charge >= 0.3 is 0 Å². The molecule has 3 fully saturated rings. The normalized spacial score (nSPS) is 33.9. The number of hydrogen-bond acceptors (Lipinski definition) is 1. The van der Waals surface area contributed by atoms with Crippen LogP contribution in [0.5, 0.6) is 0 Å². The van der Waals surface area contributed by atoms with Crippen molar-refractivity contribution in [3.63, 3.8) is 0 Å². The molecule has 0 radical (unpaired) electrons. The number of hydrogen-bond donors (Lipinski definition) is 0. The molecule has 2 bridgehead atoms. The van der Waals surface area contributed by atoms with Gasteiger partial charge in [-0.2, -0.15) is 0 Å². The van der Waals surface area contributed by atoms with Crippen molar-refractivity contribution in [3.05, 3.63) is 0 Å². The molecule has 2 heterocycles. The Kier molecular flexibility index (Phi) is 3.27. The average molecular weight is 223 g/mol. The van der Waals surface area contributed by atoms with E-state index in [0.717, 1.165) is 24.3 Å². The van der Waals surface area contributed by atoms with Crippen molar-refractivity contribution in [2.45, 2.75) is 53.0 Å². The number of nitrogens with zero attached hydrogens (tertiary/aromatic N) is 1.